The molecule has 2 aromatic rings. The largest absolute Gasteiger partial charge is 0.353 e. The first kappa shape index (κ1) is 16.5. The van der Waals surface area contributed by atoms with Crippen LogP contribution in [0.2, 0.25) is 5.02 Å². The molecule has 122 valence electrons. The molecule has 1 saturated carbocycles. The Kier molecular flexibility index (Phi) is 5.68. The highest BCUT2D eigenvalue weighted by molar-refractivity contribution is 7.13. The van der Waals surface area contributed by atoms with Crippen LogP contribution in [0.4, 0.5) is 0 Å². The SMILES string of the molecule is O=C(Cc1csc(-c2ccc(Cl)cc2)n1)NC1CCCCCC1. The van der Waals surface area contributed by atoms with Crippen LogP contribution >= 0.6 is 22.9 Å². The Labute approximate surface area is 146 Å². The smallest absolute Gasteiger partial charge is 0.226 e. The predicted molar refractivity (Wildman–Crippen MR) is 95.9 cm³/mol. The highest BCUT2D eigenvalue weighted by Gasteiger charge is 2.16. The second kappa shape index (κ2) is 7.93. The van der Waals surface area contributed by atoms with Crippen molar-refractivity contribution < 1.29 is 4.79 Å². The van der Waals surface area contributed by atoms with Crippen molar-refractivity contribution >= 4 is 28.8 Å². The van der Waals surface area contributed by atoms with Gasteiger partial charge in [0.1, 0.15) is 5.01 Å². The van der Waals surface area contributed by atoms with Gasteiger partial charge in [-0.05, 0) is 25.0 Å². The standard InChI is InChI=1S/C18H21ClN2OS/c19-14-9-7-13(8-10-14)18-21-16(12-23-18)11-17(22)20-15-5-3-1-2-4-6-15/h7-10,12,15H,1-6,11H2,(H,20,22). The minimum Gasteiger partial charge on any atom is -0.353 e. The summed E-state index contributed by atoms with van der Waals surface area (Å²) in [7, 11) is 0. The van der Waals surface area contributed by atoms with Gasteiger partial charge in [-0.2, -0.15) is 0 Å². The lowest BCUT2D eigenvalue weighted by Gasteiger charge is -2.15. The summed E-state index contributed by atoms with van der Waals surface area (Å²) < 4.78 is 0. The zero-order valence-electron chi connectivity index (χ0n) is 13.1. The Morgan fingerprint density at radius 1 is 1.17 bits per heavy atom. The second-order valence-electron chi connectivity index (χ2n) is 6.08. The molecule has 1 aliphatic rings. The summed E-state index contributed by atoms with van der Waals surface area (Å²) in [6.07, 6.45) is 7.62. The molecule has 0 atom stereocenters. The van der Waals surface area contributed by atoms with E-state index in [4.69, 9.17) is 11.6 Å². The monoisotopic (exact) mass is 348 g/mol. The van der Waals surface area contributed by atoms with E-state index in [0.717, 1.165) is 29.1 Å². The quantitative estimate of drug-likeness (QED) is 0.803. The van der Waals surface area contributed by atoms with Gasteiger partial charge in [0.25, 0.3) is 0 Å². The number of benzene rings is 1. The van der Waals surface area contributed by atoms with Crippen LogP contribution in [0.5, 0.6) is 0 Å². The van der Waals surface area contributed by atoms with Gasteiger partial charge in [0, 0.05) is 22.0 Å². The maximum Gasteiger partial charge on any atom is 0.226 e. The van der Waals surface area contributed by atoms with Gasteiger partial charge in [0.15, 0.2) is 0 Å². The first-order valence-electron chi connectivity index (χ1n) is 8.20. The van der Waals surface area contributed by atoms with Crippen molar-refractivity contribution in [1.29, 1.82) is 0 Å². The van der Waals surface area contributed by atoms with Crippen LogP contribution in [0, 0.1) is 0 Å². The van der Waals surface area contributed by atoms with Crippen LogP contribution in [0.15, 0.2) is 29.6 Å². The Morgan fingerprint density at radius 3 is 2.57 bits per heavy atom. The van der Waals surface area contributed by atoms with E-state index in [1.807, 2.05) is 29.6 Å². The van der Waals surface area contributed by atoms with Gasteiger partial charge in [0.05, 0.1) is 12.1 Å². The third-order valence-corrected chi connectivity index (χ3v) is 5.40. The number of nitrogens with zero attached hydrogens (tertiary/aromatic N) is 1. The number of carbonyl (C=O) groups is 1. The first-order valence-corrected chi connectivity index (χ1v) is 9.46. The molecular weight excluding hydrogens is 328 g/mol. The second-order valence-corrected chi connectivity index (χ2v) is 7.38. The Bertz CT molecular complexity index is 645. The number of thiazole rings is 1. The summed E-state index contributed by atoms with van der Waals surface area (Å²) in [6.45, 7) is 0. The number of halogens is 1. The average molecular weight is 349 g/mol. The van der Waals surface area contributed by atoms with E-state index < -0.39 is 0 Å². The highest BCUT2D eigenvalue weighted by atomic mass is 35.5. The molecule has 1 amide bonds. The summed E-state index contributed by atoms with van der Waals surface area (Å²) in [6, 6.07) is 7.97. The fourth-order valence-electron chi connectivity index (χ4n) is 2.98. The summed E-state index contributed by atoms with van der Waals surface area (Å²) >= 11 is 7.47. The Morgan fingerprint density at radius 2 is 1.87 bits per heavy atom. The molecule has 3 nitrogen and oxygen atoms in total. The van der Waals surface area contributed by atoms with Crippen LogP contribution in [0.1, 0.15) is 44.2 Å². The minimum absolute atomic E-state index is 0.0878. The summed E-state index contributed by atoms with van der Waals surface area (Å²) in [5.74, 6) is 0.0878. The third kappa shape index (κ3) is 4.79. The Balaban J connectivity index is 1.57. The fraction of sp³-hybridized carbons (Fsp3) is 0.444. The molecule has 5 heteroatoms. The van der Waals surface area contributed by atoms with Gasteiger partial charge in [-0.15, -0.1) is 11.3 Å². The van der Waals surface area contributed by atoms with Crippen LogP contribution in [-0.2, 0) is 11.2 Å². The van der Waals surface area contributed by atoms with Gasteiger partial charge in [-0.25, -0.2) is 4.98 Å². The number of carbonyl (C=O) groups excluding carboxylic acids is 1. The third-order valence-electron chi connectivity index (χ3n) is 4.20. The van der Waals surface area contributed by atoms with E-state index in [9.17, 15) is 4.79 Å². The average Bonchev–Trinajstić information content (AvgIpc) is 2.84. The van der Waals surface area contributed by atoms with Crippen molar-refractivity contribution in [2.45, 2.75) is 51.0 Å². The molecular formula is C18H21ClN2OS. The molecule has 0 radical (unpaired) electrons. The molecule has 0 saturated heterocycles. The molecule has 1 aromatic carbocycles. The molecule has 1 aliphatic carbocycles. The van der Waals surface area contributed by atoms with Gasteiger partial charge in [-0.1, -0.05) is 49.4 Å². The van der Waals surface area contributed by atoms with E-state index in [0.29, 0.717) is 17.5 Å². The van der Waals surface area contributed by atoms with Crippen LogP contribution in [0.25, 0.3) is 10.6 Å². The molecule has 0 aliphatic heterocycles. The van der Waals surface area contributed by atoms with Crippen molar-refractivity contribution in [2.75, 3.05) is 0 Å². The molecule has 1 N–H and O–H groups in total. The van der Waals surface area contributed by atoms with Crippen LogP contribution in [0.3, 0.4) is 0 Å². The lowest BCUT2D eigenvalue weighted by Crippen LogP contribution is -2.35. The molecule has 0 spiro atoms. The first-order chi connectivity index (χ1) is 11.2. The normalized spacial score (nSPS) is 16.0. The van der Waals surface area contributed by atoms with Gasteiger partial charge >= 0.3 is 0 Å². The number of hydrogen-bond acceptors (Lipinski definition) is 3. The summed E-state index contributed by atoms with van der Waals surface area (Å²) in [5, 5.41) is 6.79. The number of rotatable bonds is 4. The van der Waals surface area contributed by atoms with Crippen molar-refractivity contribution in [3.05, 3.63) is 40.4 Å². The lowest BCUT2D eigenvalue weighted by atomic mass is 10.1. The maximum atomic E-state index is 12.2. The molecule has 3 rings (SSSR count). The van der Waals surface area contributed by atoms with Crippen LogP contribution in [-0.4, -0.2) is 16.9 Å². The van der Waals surface area contributed by atoms with Crippen molar-refractivity contribution in [2.24, 2.45) is 0 Å². The zero-order valence-corrected chi connectivity index (χ0v) is 14.6. The van der Waals surface area contributed by atoms with E-state index in [-0.39, 0.29) is 5.91 Å². The van der Waals surface area contributed by atoms with E-state index >= 15 is 0 Å². The number of nitrogens with one attached hydrogen (secondary N) is 1. The van der Waals surface area contributed by atoms with Crippen molar-refractivity contribution in [3.63, 3.8) is 0 Å². The van der Waals surface area contributed by atoms with Crippen LogP contribution < -0.4 is 5.32 Å². The number of amides is 1. The topological polar surface area (TPSA) is 42.0 Å². The van der Waals surface area contributed by atoms with Gasteiger partial charge in [-0.3, -0.25) is 4.79 Å². The molecule has 1 fully saturated rings. The summed E-state index contributed by atoms with van der Waals surface area (Å²) in [4.78, 5) is 16.8. The van der Waals surface area contributed by atoms with Crippen molar-refractivity contribution in [1.82, 2.24) is 10.3 Å². The lowest BCUT2D eigenvalue weighted by molar-refractivity contribution is -0.121. The van der Waals surface area contributed by atoms with E-state index in [2.05, 4.69) is 10.3 Å². The van der Waals surface area contributed by atoms with Crippen molar-refractivity contribution in [3.8, 4) is 10.6 Å². The zero-order chi connectivity index (χ0) is 16.1. The maximum absolute atomic E-state index is 12.2. The highest BCUT2D eigenvalue weighted by Crippen LogP contribution is 2.25. The minimum atomic E-state index is 0.0878. The molecule has 1 aromatic heterocycles. The summed E-state index contributed by atoms with van der Waals surface area (Å²) in [5.41, 5.74) is 1.88. The number of hydrogen-bond donors (Lipinski definition) is 1. The van der Waals surface area contributed by atoms with E-state index in [1.165, 1.54) is 25.7 Å². The Hall–Kier alpha value is -1.39. The van der Waals surface area contributed by atoms with Gasteiger partial charge in [0.2, 0.25) is 5.91 Å². The molecule has 1 heterocycles. The fourth-order valence-corrected chi connectivity index (χ4v) is 3.93. The van der Waals surface area contributed by atoms with E-state index in [1.54, 1.807) is 11.3 Å². The molecule has 0 bridgehead atoms. The van der Waals surface area contributed by atoms with Gasteiger partial charge < -0.3 is 5.32 Å². The number of aromatic nitrogens is 1. The predicted octanol–water partition coefficient (Wildman–Crippen LogP) is 4.85. The molecule has 23 heavy (non-hydrogen) atoms. The molecule has 0 unspecified atom stereocenters.